The SMILES string of the molecule is N#CCc1ccc(-c2cc3c(c(NC4CCNCC4)c2)CNC=C3)cc1. The van der Waals surface area contributed by atoms with E-state index >= 15 is 0 Å². The van der Waals surface area contributed by atoms with Crippen molar-refractivity contribution in [2.45, 2.75) is 31.8 Å². The fourth-order valence-corrected chi connectivity index (χ4v) is 3.74. The number of hydrogen-bond donors (Lipinski definition) is 3. The van der Waals surface area contributed by atoms with Gasteiger partial charge in [0, 0.05) is 23.8 Å². The Balaban J connectivity index is 1.68. The molecule has 0 aromatic heterocycles. The average Bonchev–Trinajstić information content (AvgIpc) is 2.69. The van der Waals surface area contributed by atoms with Crippen LogP contribution in [0, 0.1) is 11.3 Å². The number of rotatable bonds is 4. The third-order valence-electron chi connectivity index (χ3n) is 5.21. The summed E-state index contributed by atoms with van der Waals surface area (Å²) in [5.41, 5.74) is 7.33. The van der Waals surface area contributed by atoms with Crippen molar-refractivity contribution in [2.75, 3.05) is 18.4 Å². The van der Waals surface area contributed by atoms with Crippen molar-refractivity contribution >= 4 is 11.8 Å². The van der Waals surface area contributed by atoms with E-state index in [4.69, 9.17) is 5.26 Å². The molecule has 0 radical (unpaired) electrons. The maximum atomic E-state index is 8.85. The molecule has 0 bridgehead atoms. The quantitative estimate of drug-likeness (QED) is 0.792. The molecule has 26 heavy (non-hydrogen) atoms. The van der Waals surface area contributed by atoms with E-state index in [0.29, 0.717) is 12.5 Å². The molecule has 4 heteroatoms. The van der Waals surface area contributed by atoms with E-state index in [-0.39, 0.29) is 0 Å². The lowest BCUT2D eigenvalue weighted by Crippen LogP contribution is -2.35. The Morgan fingerprint density at radius 1 is 1.08 bits per heavy atom. The summed E-state index contributed by atoms with van der Waals surface area (Å²) < 4.78 is 0. The summed E-state index contributed by atoms with van der Waals surface area (Å²) in [6.07, 6.45) is 6.95. The van der Waals surface area contributed by atoms with Crippen molar-refractivity contribution < 1.29 is 0 Å². The van der Waals surface area contributed by atoms with Crippen molar-refractivity contribution in [2.24, 2.45) is 0 Å². The molecule has 0 unspecified atom stereocenters. The highest BCUT2D eigenvalue weighted by atomic mass is 15.0. The van der Waals surface area contributed by atoms with Crippen LogP contribution < -0.4 is 16.0 Å². The Morgan fingerprint density at radius 2 is 1.88 bits per heavy atom. The predicted molar refractivity (Wildman–Crippen MR) is 107 cm³/mol. The summed E-state index contributed by atoms with van der Waals surface area (Å²) in [6.45, 7) is 3.02. The first-order valence-electron chi connectivity index (χ1n) is 9.34. The van der Waals surface area contributed by atoms with Crippen LogP contribution in [0.5, 0.6) is 0 Å². The van der Waals surface area contributed by atoms with Gasteiger partial charge in [-0.05, 0) is 72.6 Å². The second kappa shape index (κ2) is 7.63. The Kier molecular flexibility index (Phi) is 4.90. The summed E-state index contributed by atoms with van der Waals surface area (Å²) in [6, 6.07) is 15.6. The number of piperidine rings is 1. The first-order valence-corrected chi connectivity index (χ1v) is 9.34. The van der Waals surface area contributed by atoms with Gasteiger partial charge in [0.1, 0.15) is 0 Å². The minimum atomic E-state index is 0.460. The van der Waals surface area contributed by atoms with Crippen LogP contribution in [0.25, 0.3) is 17.2 Å². The normalized spacial score (nSPS) is 16.4. The summed E-state index contributed by atoms with van der Waals surface area (Å²) in [5, 5.41) is 19.4. The van der Waals surface area contributed by atoms with Crippen LogP contribution in [0.1, 0.15) is 29.5 Å². The van der Waals surface area contributed by atoms with Crippen molar-refractivity contribution in [3.63, 3.8) is 0 Å². The minimum absolute atomic E-state index is 0.460. The van der Waals surface area contributed by atoms with Gasteiger partial charge in [-0.3, -0.25) is 0 Å². The maximum absolute atomic E-state index is 8.85. The minimum Gasteiger partial charge on any atom is -0.387 e. The average molecular weight is 344 g/mol. The van der Waals surface area contributed by atoms with Gasteiger partial charge in [0.25, 0.3) is 0 Å². The topological polar surface area (TPSA) is 59.9 Å². The van der Waals surface area contributed by atoms with Crippen LogP contribution in [0.3, 0.4) is 0 Å². The largest absolute Gasteiger partial charge is 0.387 e. The lowest BCUT2D eigenvalue weighted by molar-refractivity contribution is 0.479. The fourth-order valence-electron chi connectivity index (χ4n) is 3.74. The van der Waals surface area contributed by atoms with Gasteiger partial charge in [-0.15, -0.1) is 0 Å². The Labute approximate surface area is 154 Å². The number of benzene rings is 2. The van der Waals surface area contributed by atoms with E-state index < -0.39 is 0 Å². The molecule has 2 aliphatic heterocycles. The highest BCUT2D eigenvalue weighted by Gasteiger charge is 2.17. The van der Waals surface area contributed by atoms with Crippen molar-refractivity contribution in [3.8, 4) is 17.2 Å². The Bertz CT molecular complexity index is 840. The van der Waals surface area contributed by atoms with E-state index in [1.54, 1.807) is 0 Å². The standard InChI is InChI=1S/C22H24N4/c23-9-5-16-1-3-17(4-2-16)19-13-18-6-10-25-15-21(18)22(14-19)26-20-7-11-24-12-8-20/h1-4,6,10,13-14,20,24-26H,5,7-8,11-12,15H2. The van der Waals surface area contributed by atoms with E-state index in [1.807, 2.05) is 6.20 Å². The summed E-state index contributed by atoms with van der Waals surface area (Å²) in [7, 11) is 0. The molecule has 2 aromatic rings. The molecule has 4 rings (SSSR count). The van der Waals surface area contributed by atoms with Crippen LogP contribution in [-0.2, 0) is 13.0 Å². The van der Waals surface area contributed by atoms with Crippen LogP contribution in [0.4, 0.5) is 5.69 Å². The van der Waals surface area contributed by atoms with Gasteiger partial charge in [-0.1, -0.05) is 24.3 Å². The van der Waals surface area contributed by atoms with Crippen LogP contribution in [0.2, 0.25) is 0 Å². The third kappa shape index (κ3) is 3.58. The van der Waals surface area contributed by atoms with Gasteiger partial charge in [-0.2, -0.15) is 5.26 Å². The highest BCUT2D eigenvalue weighted by Crippen LogP contribution is 2.32. The second-order valence-electron chi connectivity index (χ2n) is 7.01. The number of anilines is 1. The highest BCUT2D eigenvalue weighted by molar-refractivity contribution is 5.77. The molecular formula is C22H24N4. The molecule has 132 valence electrons. The van der Waals surface area contributed by atoms with Gasteiger partial charge in [0.2, 0.25) is 0 Å². The van der Waals surface area contributed by atoms with Crippen molar-refractivity contribution in [3.05, 3.63) is 59.3 Å². The zero-order valence-corrected chi connectivity index (χ0v) is 14.9. The lowest BCUT2D eigenvalue weighted by Gasteiger charge is -2.28. The van der Waals surface area contributed by atoms with E-state index in [0.717, 1.165) is 38.0 Å². The van der Waals surface area contributed by atoms with E-state index in [1.165, 1.54) is 27.9 Å². The molecule has 2 aromatic carbocycles. The van der Waals surface area contributed by atoms with Gasteiger partial charge < -0.3 is 16.0 Å². The Hall–Kier alpha value is -2.77. The first-order chi connectivity index (χ1) is 12.8. The van der Waals surface area contributed by atoms with Gasteiger partial charge in [-0.25, -0.2) is 0 Å². The Morgan fingerprint density at radius 3 is 2.65 bits per heavy atom. The number of nitrogens with one attached hydrogen (secondary N) is 3. The van der Waals surface area contributed by atoms with Crippen LogP contribution >= 0.6 is 0 Å². The zero-order chi connectivity index (χ0) is 17.8. The number of hydrogen-bond acceptors (Lipinski definition) is 4. The number of fused-ring (bicyclic) bond motifs is 1. The van der Waals surface area contributed by atoms with E-state index in [2.05, 4.69) is 64.5 Å². The van der Waals surface area contributed by atoms with E-state index in [9.17, 15) is 0 Å². The molecule has 0 spiro atoms. The van der Waals surface area contributed by atoms with Crippen LogP contribution in [-0.4, -0.2) is 19.1 Å². The number of nitriles is 1. The first kappa shape index (κ1) is 16.7. The predicted octanol–water partition coefficient (Wildman–Crippen LogP) is 3.66. The van der Waals surface area contributed by atoms with Gasteiger partial charge in [0.05, 0.1) is 12.5 Å². The monoisotopic (exact) mass is 344 g/mol. The molecule has 1 fully saturated rings. The summed E-state index contributed by atoms with van der Waals surface area (Å²) >= 11 is 0. The summed E-state index contributed by atoms with van der Waals surface area (Å²) in [4.78, 5) is 0. The van der Waals surface area contributed by atoms with Gasteiger partial charge in [0.15, 0.2) is 0 Å². The van der Waals surface area contributed by atoms with Crippen molar-refractivity contribution in [1.29, 1.82) is 5.26 Å². The fraction of sp³-hybridized carbons (Fsp3) is 0.318. The molecule has 0 saturated carbocycles. The molecule has 0 aliphatic carbocycles. The molecule has 4 nitrogen and oxygen atoms in total. The lowest BCUT2D eigenvalue weighted by atomic mass is 9.94. The molecule has 0 amide bonds. The molecule has 2 aliphatic rings. The molecule has 1 saturated heterocycles. The maximum Gasteiger partial charge on any atom is 0.0669 e. The van der Waals surface area contributed by atoms with Crippen LogP contribution in [0.15, 0.2) is 42.6 Å². The molecule has 0 atom stereocenters. The smallest absolute Gasteiger partial charge is 0.0669 e. The molecule has 3 N–H and O–H groups in total. The summed E-state index contributed by atoms with van der Waals surface area (Å²) in [5.74, 6) is 0. The zero-order valence-electron chi connectivity index (χ0n) is 14.9. The van der Waals surface area contributed by atoms with Gasteiger partial charge >= 0.3 is 0 Å². The van der Waals surface area contributed by atoms with Crippen molar-refractivity contribution in [1.82, 2.24) is 10.6 Å². The molecule has 2 heterocycles. The number of nitrogens with zero attached hydrogens (tertiary/aromatic N) is 1. The second-order valence-corrected chi connectivity index (χ2v) is 7.01. The third-order valence-corrected chi connectivity index (χ3v) is 5.21. The molecular weight excluding hydrogens is 320 g/mol.